The van der Waals surface area contributed by atoms with E-state index in [0.717, 1.165) is 5.56 Å². The largest absolute Gasteiger partial charge is 0.469 e. The number of carbonyl (C=O) groups is 5. The molecule has 0 saturated carbocycles. The van der Waals surface area contributed by atoms with Gasteiger partial charge in [-0.05, 0) is 65.3 Å². The summed E-state index contributed by atoms with van der Waals surface area (Å²) in [6, 6.07) is 12.2. The summed E-state index contributed by atoms with van der Waals surface area (Å²) in [5, 5.41) is 5.09. The van der Waals surface area contributed by atoms with Gasteiger partial charge in [0.25, 0.3) is 5.91 Å². The van der Waals surface area contributed by atoms with Crippen LogP contribution in [0.5, 0.6) is 0 Å². The monoisotopic (exact) mass is 624 g/mol. The van der Waals surface area contributed by atoms with Crippen molar-refractivity contribution >= 4 is 41.1 Å². The van der Waals surface area contributed by atoms with Crippen LogP contribution in [0.4, 0.5) is 9.59 Å². The first-order valence-electron chi connectivity index (χ1n) is 14.4. The SMILES string of the molecule is COC(=O)CCc1nc2ccc(C(=O)NCC(NC(=O)OCc3ccccc3)C(=O)OC(C)(C)C)cc2n1C(=O)OC(C)(C)C. The Kier molecular flexibility index (Phi) is 11.3. The third-order valence-electron chi connectivity index (χ3n) is 6.01. The maximum absolute atomic E-state index is 13.3. The summed E-state index contributed by atoms with van der Waals surface area (Å²) in [6.07, 6.45) is -1.54. The number of carbonyl (C=O) groups excluding carboxylic acids is 5. The number of hydrogen-bond donors (Lipinski definition) is 2. The van der Waals surface area contributed by atoms with Crippen LogP contribution in [0.2, 0.25) is 0 Å². The molecule has 1 heterocycles. The standard InChI is InChI=1S/C32H40N4O9/c1-31(2,3)44-28(39)23(35-29(40)43-19-20-11-9-8-10-12-20)18-33-27(38)21-13-14-22-24(17-21)36(30(41)45-32(4,5)6)25(34-22)15-16-26(37)42-7/h8-14,17,23H,15-16,18-19H2,1-7H3,(H,33,38)(H,35,40). The van der Waals surface area contributed by atoms with Gasteiger partial charge in [0.1, 0.15) is 29.7 Å². The minimum Gasteiger partial charge on any atom is -0.469 e. The van der Waals surface area contributed by atoms with Crippen LogP contribution in [0.15, 0.2) is 48.5 Å². The second-order valence-electron chi connectivity index (χ2n) is 12.1. The zero-order valence-corrected chi connectivity index (χ0v) is 26.6. The third-order valence-corrected chi connectivity index (χ3v) is 6.01. The minimum atomic E-state index is -1.27. The maximum Gasteiger partial charge on any atom is 0.420 e. The van der Waals surface area contributed by atoms with Crippen LogP contribution in [0.1, 0.15) is 69.7 Å². The van der Waals surface area contributed by atoms with Crippen LogP contribution in [0, 0.1) is 0 Å². The van der Waals surface area contributed by atoms with Gasteiger partial charge in [0.05, 0.1) is 24.6 Å². The molecule has 0 bridgehead atoms. The molecular weight excluding hydrogens is 584 g/mol. The highest BCUT2D eigenvalue weighted by Gasteiger charge is 2.29. The summed E-state index contributed by atoms with van der Waals surface area (Å²) >= 11 is 0. The van der Waals surface area contributed by atoms with Gasteiger partial charge in [-0.2, -0.15) is 0 Å². The number of nitrogens with one attached hydrogen (secondary N) is 2. The second kappa shape index (κ2) is 14.7. The average molecular weight is 625 g/mol. The zero-order valence-electron chi connectivity index (χ0n) is 26.6. The lowest BCUT2D eigenvalue weighted by Crippen LogP contribution is -2.50. The molecular formula is C32H40N4O9. The second-order valence-corrected chi connectivity index (χ2v) is 12.1. The molecule has 2 N–H and O–H groups in total. The first-order valence-corrected chi connectivity index (χ1v) is 14.4. The fourth-order valence-electron chi connectivity index (χ4n) is 4.03. The minimum absolute atomic E-state index is 0.0208. The van der Waals surface area contributed by atoms with Crippen molar-refractivity contribution in [2.75, 3.05) is 13.7 Å². The van der Waals surface area contributed by atoms with Crippen LogP contribution in [0.3, 0.4) is 0 Å². The predicted octanol–water partition coefficient (Wildman–Crippen LogP) is 4.29. The van der Waals surface area contributed by atoms with Crippen molar-refractivity contribution in [3.8, 4) is 0 Å². The Bertz CT molecular complexity index is 1540. The van der Waals surface area contributed by atoms with E-state index in [-0.39, 0.29) is 42.9 Å². The molecule has 0 saturated heterocycles. The molecule has 0 fully saturated rings. The highest BCUT2D eigenvalue weighted by molar-refractivity contribution is 5.99. The van der Waals surface area contributed by atoms with Gasteiger partial charge in [0.2, 0.25) is 0 Å². The summed E-state index contributed by atoms with van der Waals surface area (Å²) in [7, 11) is 1.26. The van der Waals surface area contributed by atoms with Crippen molar-refractivity contribution in [1.82, 2.24) is 20.2 Å². The van der Waals surface area contributed by atoms with Gasteiger partial charge in [-0.25, -0.2) is 23.9 Å². The van der Waals surface area contributed by atoms with Gasteiger partial charge in [0.15, 0.2) is 0 Å². The molecule has 1 unspecified atom stereocenters. The number of fused-ring (bicyclic) bond motifs is 1. The van der Waals surface area contributed by atoms with E-state index < -0.39 is 47.3 Å². The Balaban J connectivity index is 1.81. The quantitative estimate of drug-likeness (QED) is 0.246. The number of imidazole rings is 1. The van der Waals surface area contributed by atoms with Crippen molar-refractivity contribution < 1.29 is 42.9 Å². The Morgan fingerprint density at radius 2 is 1.58 bits per heavy atom. The summed E-state index contributed by atoms with van der Waals surface area (Å²) in [4.78, 5) is 68.1. The molecule has 1 aromatic heterocycles. The fraction of sp³-hybridized carbons (Fsp3) is 0.438. The number of ether oxygens (including phenoxy) is 4. The van der Waals surface area contributed by atoms with E-state index in [1.54, 1.807) is 71.9 Å². The number of benzene rings is 2. The number of alkyl carbamates (subject to hydrolysis) is 1. The molecule has 0 spiro atoms. The topological polar surface area (TPSA) is 164 Å². The van der Waals surface area contributed by atoms with Crippen LogP contribution in [0.25, 0.3) is 11.0 Å². The van der Waals surface area contributed by atoms with Gasteiger partial charge in [-0.15, -0.1) is 0 Å². The molecule has 13 nitrogen and oxygen atoms in total. The summed E-state index contributed by atoms with van der Waals surface area (Å²) in [5.41, 5.74) is -0.111. The number of aryl methyl sites for hydroxylation is 1. The third kappa shape index (κ3) is 10.6. The highest BCUT2D eigenvalue weighted by Crippen LogP contribution is 2.22. The molecule has 45 heavy (non-hydrogen) atoms. The van der Waals surface area contributed by atoms with Crippen molar-refractivity contribution in [3.63, 3.8) is 0 Å². The average Bonchev–Trinajstić information content (AvgIpc) is 3.33. The molecule has 0 radical (unpaired) electrons. The number of amides is 2. The molecule has 3 aromatic rings. The normalized spacial score (nSPS) is 12.2. The lowest BCUT2D eigenvalue weighted by Gasteiger charge is -2.24. The number of methoxy groups -OCH3 is 1. The van der Waals surface area contributed by atoms with Crippen molar-refractivity contribution in [3.05, 3.63) is 65.5 Å². The van der Waals surface area contributed by atoms with E-state index in [1.165, 1.54) is 23.8 Å². The van der Waals surface area contributed by atoms with E-state index in [0.29, 0.717) is 5.52 Å². The number of rotatable bonds is 10. The summed E-state index contributed by atoms with van der Waals surface area (Å²) in [6.45, 7) is 9.83. The van der Waals surface area contributed by atoms with Crippen LogP contribution in [-0.2, 0) is 41.6 Å². The lowest BCUT2D eigenvalue weighted by molar-refractivity contribution is -0.157. The fourth-order valence-corrected chi connectivity index (χ4v) is 4.03. The lowest BCUT2D eigenvalue weighted by atomic mass is 10.1. The van der Waals surface area contributed by atoms with Gasteiger partial charge < -0.3 is 29.6 Å². The molecule has 0 aliphatic carbocycles. The van der Waals surface area contributed by atoms with E-state index in [4.69, 9.17) is 18.9 Å². The Morgan fingerprint density at radius 3 is 2.20 bits per heavy atom. The van der Waals surface area contributed by atoms with Crippen molar-refractivity contribution in [2.45, 2.75) is 78.2 Å². The zero-order chi connectivity index (χ0) is 33.4. The predicted molar refractivity (Wildman–Crippen MR) is 163 cm³/mol. The van der Waals surface area contributed by atoms with Gasteiger partial charge in [0, 0.05) is 18.5 Å². The van der Waals surface area contributed by atoms with E-state index in [9.17, 15) is 24.0 Å². The summed E-state index contributed by atoms with van der Waals surface area (Å²) in [5.74, 6) is -1.59. The van der Waals surface area contributed by atoms with Gasteiger partial charge >= 0.3 is 24.1 Å². The van der Waals surface area contributed by atoms with Crippen LogP contribution in [-0.4, -0.2) is 70.5 Å². The highest BCUT2D eigenvalue weighted by atomic mass is 16.6. The van der Waals surface area contributed by atoms with E-state index in [2.05, 4.69) is 15.6 Å². The number of nitrogens with zero attached hydrogens (tertiary/aromatic N) is 2. The van der Waals surface area contributed by atoms with Gasteiger partial charge in [-0.3, -0.25) is 9.59 Å². The molecule has 3 rings (SSSR count). The van der Waals surface area contributed by atoms with Gasteiger partial charge in [-0.1, -0.05) is 30.3 Å². The summed E-state index contributed by atoms with van der Waals surface area (Å²) < 4.78 is 22.2. The molecule has 2 amide bonds. The van der Waals surface area contributed by atoms with Crippen molar-refractivity contribution in [2.24, 2.45) is 0 Å². The first-order chi connectivity index (χ1) is 21.1. The Morgan fingerprint density at radius 1 is 0.911 bits per heavy atom. The Hall–Kier alpha value is -4.94. The maximum atomic E-state index is 13.3. The Labute approximate surface area is 261 Å². The number of hydrogen-bond acceptors (Lipinski definition) is 10. The first kappa shape index (κ1) is 34.5. The van der Waals surface area contributed by atoms with Crippen molar-refractivity contribution in [1.29, 1.82) is 0 Å². The number of esters is 2. The van der Waals surface area contributed by atoms with Crippen LogP contribution >= 0.6 is 0 Å². The molecule has 0 aliphatic rings. The molecule has 13 heteroatoms. The molecule has 1 atom stereocenters. The van der Waals surface area contributed by atoms with E-state index >= 15 is 0 Å². The van der Waals surface area contributed by atoms with Crippen LogP contribution < -0.4 is 10.6 Å². The smallest absolute Gasteiger partial charge is 0.420 e. The molecule has 0 aliphatic heterocycles. The molecule has 242 valence electrons. The van der Waals surface area contributed by atoms with E-state index in [1.807, 2.05) is 6.07 Å². The molecule has 2 aromatic carbocycles. The number of aromatic nitrogens is 2.